The maximum absolute atomic E-state index is 13.1. The Hall–Kier alpha value is -2.94. The van der Waals surface area contributed by atoms with Gasteiger partial charge in [0.2, 0.25) is 0 Å². The average molecular weight is 541 g/mol. The first-order valence-corrected chi connectivity index (χ1v) is 12.7. The second kappa shape index (κ2) is 16.0. The van der Waals surface area contributed by atoms with E-state index in [1.807, 2.05) is 25.2 Å². The molecule has 1 aliphatic carbocycles. The van der Waals surface area contributed by atoms with Crippen LogP contribution in [0.5, 0.6) is 0 Å². The number of carbonyl (C=O) groups excluding carboxylic acids is 5. The third-order valence-corrected chi connectivity index (χ3v) is 6.03. The molecule has 0 unspecified atom stereocenters. The van der Waals surface area contributed by atoms with Crippen LogP contribution in [0.15, 0.2) is 35.4 Å². The van der Waals surface area contributed by atoms with Crippen LogP contribution in [-0.4, -0.2) is 54.6 Å². The Morgan fingerprint density at radius 1 is 1.00 bits per heavy atom. The van der Waals surface area contributed by atoms with Crippen LogP contribution in [0.2, 0.25) is 0 Å². The van der Waals surface area contributed by atoms with E-state index in [0.717, 1.165) is 6.42 Å². The molecule has 206 valence electrons. The van der Waals surface area contributed by atoms with Crippen molar-refractivity contribution in [3.05, 3.63) is 35.4 Å². The molecule has 0 saturated heterocycles. The van der Waals surface area contributed by atoms with Gasteiger partial charge in [0.15, 0.2) is 5.78 Å². The van der Waals surface area contributed by atoms with Gasteiger partial charge in [-0.05, 0) is 31.8 Å². The van der Waals surface area contributed by atoms with Gasteiger partial charge < -0.3 is 18.9 Å². The molecule has 1 aliphatic rings. The minimum atomic E-state index is -1.41. The molecule has 0 N–H and O–H groups in total. The average Bonchev–Trinajstić information content (AvgIpc) is 3.03. The number of rotatable bonds is 15. The van der Waals surface area contributed by atoms with Gasteiger partial charge in [0.25, 0.3) is 0 Å². The third kappa shape index (κ3) is 10.9. The number of carbonyl (C=O) groups is 5. The van der Waals surface area contributed by atoms with E-state index < -0.39 is 53.4 Å². The number of halogens is 1. The Morgan fingerprint density at radius 3 is 2.19 bits per heavy atom. The van der Waals surface area contributed by atoms with Crippen LogP contribution in [0.4, 0.5) is 0 Å². The van der Waals surface area contributed by atoms with E-state index in [2.05, 4.69) is 4.74 Å². The summed E-state index contributed by atoms with van der Waals surface area (Å²) in [5.74, 6) is -3.80. The molecule has 0 fully saturated rings. The third-order valence-electron chi connectivity index (χ3n) is 5.74. The van der Waals surface area contributed by atoms with E-state index in [0.29, 0.717) is 6.42 Å². The Balaban J connectivity index is 3.31. The molecule has 0 saturated carbocycles. The molecule has 0 spiro atoms. The first kappa shape index (κ1) is 32.1. The summed E-state index contributed by atoms with van der Waals surface area (Å²) in [6.07, 6.45) is 9.20. The number of hydrogen-bond acceptors (Lipinski definition) is 9. The molecule has 0 bridgehead atoms. The van der Waals surface area contributed by atoms with Crippen molar-refractivity contribution in [1.29, 1.82) is 0 Å². The number of ether oxygens (including phenoxy) is 4. The van der Waals surface area contributed by atoms with Gasteiger partial charge in [-0.3, -0.25) is 24.0 Å². The minimum absolute atomic E-state index is 0.0610. The number of hydrogen-bond donors (Lipinski definition) is 0. The van der Waals surface area contributed by atoms with Crippen LogP contribution in [-0.2, 0) is 42.9 Å². The fourth-order valence-electron chi connectivity index (χ4n) is 4.20. The Kier molecular flexibility index (Phi) is 13.9. The van der Waals surface area contributed by atoms with Crippen molar-refractivity contribution in [3.8, 4) is 0 Å². The molecule has 1 rings (SSSR count). The molecule has 9 nitrogen and oxygen atoms in total. The second-order valence-corrected chi connectivity index (χ2v) is 9.16. The zero-order valence-electron chi connectivity index (χ0n) is 22.1. The molecule has 0 amide bonds. The highest BCUT2D eigenvalue weighted by molar-refractivity contribution is 6.43. The Morgan fingerprint density at radius 2 is 1.62 bits per heavy atom. The number of methoxy groups -OCH3 is 1. The highest BCUT2D eigenvalue weighted by Crippen LogP contribution is 2.43. The fourth-order valence-corrected chi connectivity index (χ4v) is 4.52. The van der Waals surface area contributed by atoms with Crippen LogP contribution >= 0.6 is 11.6 Å². The first-order valence-electron chi connectivity index (χ1n) is 12.3. The zero-order valence-corrected chi connectivity index (χ0v) is 22.9. The standard InChI is InChI=1S/C27H37ClO9/c1-6-7-8-9-10-11-15-27(37-20(4)31)17-22(28)26(33)21(27)16-24(36-19(3)30)23(35-18(2)29)13-12-14-25(32)34-5/h7-8,10-11,17,21,23-24H,6,9,12-16H2,1-5H3/b8-7-,11-10-/t21-,23-,24-,27+/m0/s1. The summed E-state index contributed by atoms with van der Waals surface area (Å²) in [5.41, 5.74) is -1.41. The van der Waals surface area contributed by atoms with Crippen molar-refractivity contribution in [1.82, 2.24) is 0 Å². The van der Waals surface area contributed by atoms with Gasteiger partial charge in [-0.15, -0.1) is 0 Å². The lowest BCUT2D eigenvalue weighted by Gasteiger charge is -2.35. The molecule has 37 heavy (non-hydrogen) atoms. The normalized spacial score (nSPS) is 21.0. The van der Waals surface area contributed by atoms with Gasteiger partial charge in [0.1, 0.15) is 17.8 Å². The van der Waals surface area contributed by atoms with Crippen molar-refractivity contribution >= 4 is 41.3 Å². The lowest BCUT2D eigenvalue weighted by molar-refractivity contribution is -0.172. The van der Waals surface area contributed by atoms with E-state index in [1.54, 1.807) is 6.08 Å². The number of allylic oxidation sites excluding steroid dienone is 4. The minimum Gasteiger partial charge on any atom is -0.469 e. The molecule has 0 aliphatic heterocycles. The summed E-state index contributed by atoms with van der Waals surface area (Å²) in [7, 11) is 1.26. The SMILES string of the molecule is CC/C=C\C/C=C\C[C@@]1(OC(C)=O)C=C(Cl)C(=O)[C@@H]1C[C@H](OC(C)=O)[C@H](CCCC(=O)OC)OC(C)=O. The maximum atomic E-state index is 13.1. The first-order chi connectivity index (χ1) is 17.5. The van der Waals surface area contributed by atoms with Crippen molar-refractivity contribution in [2.75, 3.05) is 7.11 Å². The zero-order chi connectivity index (χ0) is 28.0. The molecular weight excluding hydrogens is 504 g/mol. The fraction of sp³-hybridized carbons (Fsp3) is 0.593. The predicted molar refractivity (Wildman–Crippen MR) is 136 cm³/mol. The molecule has 0 heterocycles. The molecule has 10 heteroatoms. The summed E-state index contributed by atoms with van der Waals surface area (Å²) in [6.45, 7) is 5.66. The van der Waals surface area contributed by atoms with Crippen molar-refractivity contribution < 1.29 is 42.9 Å². The predicted octanol–water partition coefficient (Wildman–Crippen LogP) is 4.51. The van der Waals surface area contributed by atoms with Crippen LogP contribution in [0.3, 0.4) is 0 Å². The van der Waals surface area contributed by atoms with E-state index >= 15 is 0 Å². The summed E-state index contributed by atoms with van der Waals surface area (Å²) >= 11 is 6.23. The van der Waals surface area contributed by atoms with E-state index in [-0.39, 0.29) is 37.1 Å². The number of ketones is 1. The van der Waals surface area contributed by atoms with Crippen molar-refractivity contribution in [2.45, 2.75) is 90.4 Å². The molecule has 4 atom stereocenters. The largest absolute Gasteiger partial charge is 0.469 e. The second-order valence-electron chi connectivity index (χ2n) is 8.75. The van der Waals surface area contributed by atoms with Gasteiger partial charge in [-0.1, -0.05) is 42.8 Å². The monoisotopic (exact) mass is 540 g/mol. The van der Waals surface area contributed by atoms with Gasteiger partial charge in [0.05, 0.1) is 18.1 Å². The van der Waals surface area contributed by atoms with Crippen molar-refractivity contribution in [2.24, 2.45) is 5.92 Å². The lowest BCUT2D eigenvalue weighted by Crippen LogP contribution is -2.45. The van der Waals surface area contributed by atoms with Crippen LogP contribution in [0, 0.1) is 5.92 Å². The Labute approximate surface area is 223 Å². The van der Waals surface area contributed by atoms with Crippen molar-refractivity contribution in [3.63, 3.8) is 0 Å². The lowest BCUT2D eigenvalue weighted by atomic mass is 9.81. The molecular formula is C27H37ClO9. The van der Waals surface area contributed by atoms with Gasteiger partial charge >= 0.3 is 23.9 Å². The van der Waals surface area contributed by atoms with Crippen LogP contribution < -0.4 is 0 Å². The quantitative estimate of drug-likeness (QED) is 0.168. The van der Waals surface area contributed by atoms with Crippen LogP contribution in [0.1, 0.15) is 72.6 Å². The van der Waals surface area contributed by atoms with Gasteiger partial charge in [0, 0.05) is 40.0 Å². The Bertz CT molecular complexity index is 921. The highest BCUT2D eigenvalue weighted by Gasteiger charge is 2.51. The highest BCUT2D eigenvalue weighted by atomic mass is 35.5. The van der Waals surface area contributed by atoms with Crippen LogP contribution in [0.25, 0.3) is 0 Å². The maximum Gasteiger partial charge on any atom is 0.305 e. The summed E-state index contributed by atoms with van der Waals surface area (Å²) in [5, 5.41) is -0.0955. The summed E-state index contributed by atoms with van der Waals surface area (Å²) in [4.78, 5) is 60.6. The molecule has 0 aromatic carbocycles. The summed E-state index contributed by atoms with van der Waals surface area (Å²) in [6, 6.07) is 0. The summed E-state index contributed by atoms with van der Waals surface area (Å²) < 4.78 is 21.2. The number of esters is 4. The molecule has 0 aromatic rings. The number of Topliss-reactive ketones (excluding diaryl/α,β-unsaturated/α-hetero) is 1. The van der Waals surface area contributed by atoms with E-state index in [4.69, 9.17) is 25.8 Å². The molecule has 0 radical (unpaired) electrons. The van der Waals surface area contributed by atoms with Gasteiger partial charge in [-0.25, -0.2) is 0 Å². The van der Waals surface area contributed by atoms with E-state index in [9.17, 15) is 24.0 Å². The smallest absolute Gasteiger partial charge is 0.305 e. The topological polar surface area (TPSA) is 122 Å². The van der Waals surface area contributed by atoms with Gasteiger partial charge in [-0.2, -0.15) is 0 Å². The van der Waals surface area contributed by atoms with E-state index in [1.165, 1.54) is 34.0 Å². The molecule has 0 aromatic heterocycles.